The van der Waals surface area contributed by atoms with Gasteiger partial charge < -0.3 is 14.2 Å². The zero-order valence-corrected chi connectivity index (χ0v) is 39.7. The molecule has 0 saturated heterocycles. The SMILES string of the molecule is CC/C=C\C/C=C\C/C=C\C/C=C\C/C=C\CCCCCCCCCC(=O)OCC(COC(=O)CCCCCCC)OC(=O)CCCCCCC/C=C\C/C=C\CCCCC. The highest BCUT2D eigenvalue weighted by atomic mass is 16.6. The van der Waals surface area contributed by atoms with Gasteiger partial charge in [0.25, 0.3) is 0 Å². The van der Waals surface area contributed by atoms with Crippen LogP contribution in [0.25, 0.3) is 0 Å². The van der Waals surface area contributed by atoms with Gasteiger partial charge in [0.05, 0.1) is 0 Å². The maximum atomic E-state index is 12.7. The van der Waals surface area contributed by atoms with Crippen molar-refractivity contribution in [1.82, 2.24) is 0 Å². The fourth-order valence-electron chi connectivity index (χ4n) is 6.61. The Morgan fingerprint density at radius 3 is 1.03 bits per heavy atom. The average Bonchev–Trinajstić information content (AvgIpc) is 3.26. The molecule has 1 unspecified atom stereocenters. The van der Waals surface area contributed by atoms with Gasteiger partial charge in [0.1, 0.15) is 13.2 Å². The van der Waals surface area contributed by atoms with E-state index < -0.39 is 6.10 Å². The summed E-state index contributed by atoms with van der Waals surface area (Å²) in [5.74, 6) is -0.930. The van der Waals surface area contributed by atoms with Crippen LogP contribution in [0.15, 0.2) is 85.1 Å². The summed E-state index contributed by atoms with van der Waals surface area (Å²) in [4.78, 5) is 37.6. The van der Waals surface area contributed by atoms with E-state index in [1.807, 2.05) is 0 Å². The number of hydrogen-bond donors (Lipinski definition) is 0. The van der Waals surface area contributed by atoms with E-state index >= 15 is 0 Å². The van der Waals surface area contributed by atoms with Gasteiger partial charge in [-0.15, -0.1) is 0 Å². The molecular formula is C55H92O6. The van der Waals surface area contributed by atoms with Crippen molar-refractivity contribution in [3.63, 3.8) is 0 Å². The van der Waals surface area contributed by atoms with E-state index in [1.54, 1.807) is 0 Å². The molecule has 6 heteroatoms. The summed E-state index contributed by atoms with van der Waals surface area (Å²) in [6.07, 6.45) is 63.1. The molecule has 0 spiro atoms. The molecule has 0 saturated carbocycles. The van der Waals surface area contributed by atoms with Crippen molar-refractivity contribution >= 4 is 17.9 Å². The molecule has 0 aliphatic heterocycles. The van der Waals surface area contributed by atoms with Crippen LogP contribution >= 0.6 is 0 Å². The molecule has 0 aliphatic carbocycles. The van der Waals surface area contributed by atoms with E-state index in [2.05, 4.69) is 106 Å². The number of ether oxygens (including phenoxy) is 3. The van der Waals surface area contributed by atoms with E-state index in [9.17, 15) is 14.4 Å². The fourth-order valence-corrected chi connectivity index (χ4v) is 6.61. The first-order valence-corrected chi connectivity index (χ1v) is 25.1. The second-order valence-corrected chi connectivity index (χ2v) is 16.3. The topological polar surface area (TPSA) is 78.9 Å². The van der Waals surface area contributed by atoms with Gasteiger partial charge in [0.15, 0.2) is 6.10 Å². The minimum atomic E-state index is -0.784. The third kappa shape index (κ3) is 47.5. The van der Waals surface area contributed by atoms with Crippen LogP contribution in [0.2, 0.25) is 0 Å². The van der Waals surface area contributed by atoms with Crippen LogP contribution in [0.3, 0.4) is 0 Å². The third-order valence-electron chi connectivity index (χ3n) is 10.4. The number of allylic oxidation sites excluding steroid dienone is 14. The zero-order valence-electron chi connectivity index (χ0n) is 39.7. The van der Waals surface area contributed by atoms with Crippen molar-refractivity contribution in [2.75, 3.05) is 13.2 Å². The standard InChI is InChI=1S/C55H92O6/c1-4-7-10-13-15-17-19-21-23-24-25-26-27-28-29-30-32-33-35-37-39-42-45-48-54(57)60-51-52(50-59-53(56)47-44-41-12-9-6-3)61-55(58)49-46-43-40-38-36-34-31-22-20-18-16-14-11-8-5-2/h7,10,15-18,21-23,25-26,28-29,31,52H,4-6,8-9,11-14,19-20,24,27,30,32-51H2,1-3H3/b10-7-,17-15-,18-16-,23-21-,26-25-,29-28-,31-22-. The van der Waals surface area contributed by atoms with Crippen LogP contribution in [0.1, 0.15) is 226 Å². The molecule has 0 aliphatic rings. The molecule has 1 atom stereocenters. The summed E-state index contributed by atoms with van der Waals surface area (Å²) >= 11 is 0. The van der Waals surface area contributed by atoms with Gasteiger partial charge in [0.2, 0.25) is 0 Å². The predicted molar refractivity (Wildman–Crippen MR) is 261 cm³/mol. The average molecular weight is 849 g/mol. The number of esters is 3. The Balaban J connectivity index is 4.20. The van der Waals surface area contributed by atoms with E-state index in [0.29, 0.717) is 19.3 Å². The van der Waals surface area contributed by atoms with Crippen LogP contribution in [-0.2, 0) is 28.6 Å². The molecule has 348 valence electrons. The molecule has 0 N–H and O–H groups in total. The Morgan fingerprint density at radius 2 is 0.639 bits per heavy atom. The molecule has 0 aromatic rings. The maximum Gasteiger partial charge on any atom is 0.306 e. The van der Waals surface area contributed by atoms with Gasteiger partial charge in [-0.2, -0.15) is 0 Å². The van der Waals surface area contributed by atoms with E-state index in [4.69, 9.17) is 14.2 Å². The second kappa shape index (κ2) is 49.2. The molecule has 0 heterocycles. The first kappa shape index (κ1) is 57.6. The van der Waals surface area contributed by atoms with Gasteiger partial charge in [-0.1, -0.05) is 196 Å². The molecule has 0 rings (SSSR count). The smallest absolute Gasteiger partial charge is 0.306 e. The summed E-state index contributed by atoms with van der Waals surface area (Å²) in [5.41, 5.74) is 0. The lowest BCUT2D eigenvalue weighted by Gasteiger charge is -2.18. The number of carbonyl (C=O) groups excluding carboxylic acids is 3. The van der Waals surface area contributed by atoms with Crippen molar-refractivity contribution in [3.8, 4) is 0 Å². The second-order valence-electron chi connectivity index (χ2n) is 16.3. The van der Waals surface area contributed by atoms with Crippen molar-refractivity contribution in [2.45, 2.75) is 232 Å². The van der Waals surface area contributed by atoms with E-state index in [0.717, 1.165) is 128 Å². The Kier molecular flexibility index (Phi) is 46.5. The summed E-state index contributed by atoms with van der Waals surface area (Å²) in [5, 5.41) is 0. The third-order valence-corrected chi connectivity index (χ3v) is 10.4. The van der Waals surface area contributed by atoms with E-state index in [-0.39, 0.29) is 31.1 Å². The summed E-state index contributed by atoms with van der Waals surface area (Å²) in [6, 6.07) is 0. The highest BCUT2D eigenvalue weighted by Gasteiger charge is 2.19. The number of unbranched alkanes of at least 4 members (excludes halogenated alkanes) is 19. The minimum absolute atomic E-state index is 0.0872. The molecule has 0 fully saturated rings. The predicted octanol–water partition coefficient (Wildman–Crippen LogP) is 16.4. The summed E-state index contributed by atoms with van der Waals surface area (Å²) < 4.78 is 16.6. The van der Waals surface area contributed by atoms with Gasteiger partial charge in [-0.3, -0.25) is 14.4 Å². The van der Waals surface area contributed by atoms with Gasteiger partial charge in [-0.25, -0.2) is 0 Å². The quantitative estimate of drug-likeness (QED) is 0.0263. The Bertz CT molecular complexity index is 1200. The van der Waals surface area contributed by atoms with E-state index in [1.165, 1.54) is 57.8 Å². The lowest BCUT2D eigenvalue weighted by Crippen LogP contribution is -2.30. The number of carbonyl (C=O) groups is 3. The van der Waals surface area contributed by atoms with Crippen molar-refractivity contribution < 1.29 is 28.6 Å². The normalized spacial score (nSPS) is 12.8. The number of hydrogen-bond acceptors (Lipinski definition) is 6. The molecule has 0 aromatic heterocycles. The molecule has 6 nitrogen and oxygen atoms in total. The first-order chi connectivity index (χ1) is 30.0. The highest BCUT2D eigenvalue weighted by molar-refractivity contribution is 5.71. The minimum Gasteiger partial charge on any atom is -0.462 e. The highest BCUT2D eigenvalue weighted by Crippen LogP contribution is 2.13. The number of rotatable bonds is 44. The zero-order chi connectivity index (χ0) is 44.4. The maximum absolute atomic E-state index is 12.7. The van der Waals surface area contributed by atoms with Crippen molar-refractivity contribution in [2.24, 2.45) is 0 Å². The lowest BCUT2D eigenvalue weighted by atomic mass is 10.1. The summed E-state index contributed by atoms with van der Waals surface area (Å²) in [6.45, 7) is 6.38. The first-order valence-electron chi connectivity index (χ1n) is 25.1. The van der Waals surface area contributed by atoms with Crippen LogP contribution in [0.5, 0.6) is 0 Å². The molecule has 0 radical (unpaired) electrons. The van der Waals surface area contributed by atoms with Gasteiger partial charge in [-0.05, 0) is 96.3 Å². The molecule has 0 aromatic carbocycles. The Morgan fingerprint density at radius 1 is 0.344 bits per heavy atom. The van der Waals surface area contributed by atoms with Crippen LogP contribution in [-0.4, -0.2) is 37.2 Å². The molecule has 0 bridgehead atoms. The lowest BCUT2D eigenvalue weighted by molar-refractivity contribution is -0.167. The van der Waals surface area contributed by atoms with Gasteiger partial charge >= 0.3 is 17.9 Å². The van der Waals surface area contributed by atoms with Gasteiger partial charge in [0, 0.05) is 19.3 Å². The van der Waals surface area contributed by atoms with Crippen LogP contribution in [0.4, 0.5) is 0 Å². The monoisotopic (exact) mass is 849 g/mol. The largest absolute Gasteiger partial charge is 0.462 e. The van der Waals surface area contributed by atoms with Crippen LogP contribution < -0.4 is 0 Å². The Hall–Kier alpha value is -3.41. The van der Waals surface area contributed by atoms with Crippen LogP contribution in [0, 0.1) is 0 Å². The van der Waals surface area contributed by atoms with Crippen molar-refractivity contribution in [3.05, 3.63) is 85.1 Å². The Labute approximate surface area is 375 Å². The molecular weight excluding hydrogens is 757 g/mol. The molecule has 0 amide bonds. The molecule has 61 heavy (non-hydrogen) atoms. The van der Waals surface area contributed by atoms with Crippen molar-refractivity contribution in [1.29, 1.82) is 0 Å². The fraction of sp³-hybridized carbons (Fsp3) is 0.691. The summed E-state index contributed by atoms with van der Waals surface area (Å²) in [7, 11) is 0.